The lowest BCUT2D eigenvalue weighted by atomic mass is 9.96. The molecule has 7 heteroatoms. The van der Waals surface area contributed by atoms with Crippen molar-refractivity contribution < 1.29 is 17.6 Å². The molecule has 0 N–H and O–H groups in total. The summed E-state index contributed by atoms with van der Waals surface area (Å²) in [5.41, 5.74) is 3.49. The fourth-order valence-electron chi connectivity index (χ4n) is 4.06. The van der Waals surface area contributed by atoms with Crippen LogP contribution in [0.3, 0.4) is 0 Å². The summed E-state index contributed by atoms with van der Waals surface area (Å²) in [6, 6.07) is 15.3. The molecule has 2 heterocycles. The first-order valence-corrected chi connectivity index (χ1v) is 12.5. The zero-order chi connectivity index (χ0) is 21.6. The van der Waals surface area contributed by atoms with Crippen LogP contribution in [-0.2, 0) is 22.9 Å². The van der Waals surface area contributed by atoms with Crippen LogP contribution in [0.2, 0.25) is 0 Å². The minimum absolute atomic E-state index is 0.127. The molecule has 0 saturated carbocycles. The Hall–Kier alpha value is -2.90. The van der Waals surface area contributed by atoms with Gasteiger partial charge >= 0.3 is 0 Å². The van der Waals surface area contributed by atoms with Crippen molar-refractivity contribution in [3.63, 3.8) is 0 Å². The molecule has 1 aliphatic carbocycles. The third-order valence-corrected chi connectivity index (χ3v) is 8.73. The molecule has 1 aliphatic rings. The number of hydrogen-bond donors (Lipinski definition) is 0. The molecule has 158 valence electrons. The third kappa shape index (κ3) is 3.47. The number of rotatable bonds is 4. The van der Waals surface area contributed by atoms with Crippen LogP contribution < -0.4 is 4.31 Å². The summed E-state index contributed by atoms with van der Waals surface area (Å²) in [5.74, 6) is 0.390. The molecule has 0 aliphatic heterocycles. The number of nitrogens with zero attached hydrogens (tertiary/aromatic N) is 1. The van der Waals surface area contributed by atoms with Gasteiger partial charge in [0.2, 0.25) is 0 Å². The molecule has 1 amide bonds. The van der Waals surface area contributed by atoms with E-state index in [0.29, 0.717) is 11.3 Å². The van der Waals surface area contributed by atoms with Crippen LogP contribution >= 0.6 is 11.3 Å². The van der Waals surface area contributed by atoms with Crippen molar-refractivity contribution in [3.8, 4) is 0 Å². The Morgan fingerprint density at radius 1 is 1.03 bits per heavy atom. The minimum atomic E-state index is -4.07. The van der Waals surface area contributed by atoms with Crippen molar-refractivity contribution in [1.29, 1.82) is 0 Å². The molecule has 2 aromatic carbocycles. The van der Waals surface area contributed by atoms with Gasteiger partial charge in [0.1, 0.15) is 15.6 Å². The van der Waals surface area contributed by atoms with E-state index in [1.165, 1.54) is 6.07 Å². The minimum Gasteiger partial charge on any atom is -0.461 e. The summed E-state index contributed by atoms with van der Waals surface area (Å²) in [6.45, 7) is 1.92. The van der Waals surface area contributed by atoms with Gasteiger partial charge in [0, 0.05) is 22.9 Å². The van der Waals surface area contributed by atoms with E-state index in [1.54, 1.807) is 53.9 Å². The second-order valence-electron chi connectivity index (χ2n) is 7.76. The summed E-state index contributed by atoms with van der Waals surface area (Å²) in [7, 11) is -4.07. The predicted octanol–water partition coefficient (Wildman–Crippen LogP) is 5.72. The number of aryl methyl sites for hydroxylation is 3. The SMILES string of the molecule is Cc1ccc(C(=O)N(c2ccc3oc4c(c3c2)CCCC4)S(=O)(=O)c2cccs2)cc1. The molecule has 0 fully saturated rings. The van der Waals surface area contributed by atoms with E-state index in [4.69, 9.17) is 4.42 Å². The first kappa shape index (κ1) is 20.0. The van der Waals surface area contributed by atoms with Gasteiger partial charge < -0.3 is 4.42 Å². The molecule has 0 spiro atoms. The number of fused-ring (bicyclic) bond motifs is 3. The summed E-state index contributed by atoms with van der Waals surface area (Å²) in [4.78, 5) is 13.5. The van der Waals surface area contributed by atoms with Crippen molar-refractivity contribution in [3.05, 3.63) is 82.4 Å². The number of furan rings is 1. The fraction of sp³-hybridized carbons (Fsp3) is 0.208. The number of thiophene rings is 1. The van der Waals surface area contributed by atoms with E-state index in [0.717, 1.165) is 69.2 Å². The number of hydrogen-bond acceptors (Lipinski definition) is 5. The summed E-state index contributed by atoms with van der Waals surface area (Å²) < 4.78 is 34.1. The van der Waals surface area contributed by atoms with E-state index in [2.05, 4.69) is 0 Å². The van der Waals surface area contributed by atoms with Gasteiger partial charge in [-0.05, 0) is 68.0 Å². The smallest absolute Gasteiger partial charge is 0.280 e. The van der Waals surface area contributed by atoms with Gasteiger partial charge in [0.25, 0.3) is 15.9 Å². The summed E-state index contributed by atoms with van der Waals surface area (Å²) in [5, 5.41) is 2.58. The zero-order valence-electron chi connectivity index (χ0n) is 17.0. The fourth-order valence-corrected chi connectivity index (χ4v) is 6.53. The van der Waals surface area contributed by atoms with E-state index >= 15 is 0 Å². The van der Waals surface area contributed by atoms with E-state index in [1.807, 2.05) is 6.92 Å². The van der Waals surface area contributed by atoms with Crippen molar-refractivity contribution >= 4 is 43.9 Å². The van der Waals surface area contributed by atoms with Crippen LogP contribution in [0.5, 0.6) is 0 Å². The number of carbonyl (C=O) groups is 1. The highest BCUT2D eigenvalue weighted by molar-refractivity contribution is 7.95. The normalized spacial score (nSPS) is 13.8. The largest absolute Gasteiger partial charge is 0.461 e. The topological polar surface area (TPSA) is 67.6 Å². The average Bonchev–Trinajstić information content (AvgIpc) is 3.43. The van der Waals surface area contributed by atoms with E-state index < -0.39 is 15.9 Å². The Morgan fingerprint density at radius 3 is 2.55 bits per heavy atom. The van der Waals surface area contributed by atoms with Gasteiger partial charge in [-0.15, -0.1) is 11.3 Å². The van der Waals surface area contributed by atoms with Crippen LogP contribution in [0.15, 0.2) is 68.6 Å². The molecule has 2 aromatic heterocycles. The maximum absolute atomic E-state index is 13.5. The third-order valence-electron chi connectivity index (χ3n) is 5.65. The van der Waals surface area contributed by atoms with Gasteiger partial charge in [-0.3, -0.25) is 4.79 Å². The molecule has 0 bridgehead atoms. The van der Waals surface area contributed by atoms with Crippen LogP contribution in [0.25, 0.3) is 11.0 Å². The van der Waals surface area contributed by atoms with Gasteiger partial charge in [-0.25, -0.2) is 0 Å². The Kier molecular flexibility index (Phi) is 4.95. The van der Waals surface area contributed by atoms with E-state index in [9.17, 15) is 13.2 Å². The van der Waals surface area contributed by atoms with Crippen molar-refractivity contribution in [2.24, 2.45) is 0 Å². The van der Waals surface area contributed by atoms with Gasteiger partial charge in [0.15, 0.2) is 0 Å². The van der Waals surface area contributed by atoms with Crippen LogP contribution in [0.4, 0.5) is 5.69 Å². The summed E-state index contributed by atoms with van der Waals surface area (Å²) in [6.07, 6.45) is 3.95. The molecule has 4 aromatic rings. The molecular formula is C24H21NO4S2. The molecular weight excluding hydrogens is 430 g/mol. The second kappa shape index (κ2) is 7.66. The molecule has 5 nitrogen and oxygen atoms in total. The lowest BCUT2D eigenvalue weighted by Gasteiger charge is -2.22. The lowest BCUT2D eigenvalue weighted by molar-refractivity contribution is 0.101. The quantitative estimate of drug-likeness (QED) is 0.398. The van der Waals surface area contributed by atoms with Crippen molar-refractivity contribution in [1.82, 2.24) is 0 Å². The van der Waals surface area contributed by atoms with Gasteiger partial charge in [-0.2, -0.15) is 12.7 Å². The Labute approximate surface area is 185 Å². The number of benzene rings is 2. The Balaban J connectivity index is 1.68. The molecule has 0 atom stereocenters. The van der Waals surface area contributed by atoms with E-state index in [-0.39, 0.29) is 4.21 Å². The number of amides is 1. The lowest BCUT2D eigenvalue weighted by Crippen LogP contribution is -2.36. The highest BCUT2D eigenvalue weighted by atomic mass is 32.2. The summed E-state index contributed by atoms with van der Waals surface area (Å²) >= 11 is 1.10. The van der Waals surface area contributed by atoms with Crippen molar-refractivity contribution in [2.45, 2.75) is 36.8 Å². The molecule has 0 saturated heterocycles. The molecule has 0 unspecified atom stereocenters. The predicted molar refractivity (Wildman–Crippen MR) is 122 cm³/mol. The van der Waals surface area contributed by atoms with Crippen LogP contribution in [0.1, 0.15) is 40.1 Å². The first-order chi connectivity index (χ1) is 14.9. The molecule has 5 rings (SSSR count). The van der Waals surface area contributed by atoms with Crippen molar-refractivity contribution in [2.75, 3.05) is 4.31 Å². The van der Waals surface area contributed by atoms with Crippen LogP contribution in [-0.4, -0.2) is 14.3 Å². The molecule has 0 radical (unpaired) electrons. The number of sulfonamides is 1. The van der Waals surface area contributed by atoms with Crippen LogP contribution in [0, 0.1) is 6.92 Å². The highest BCUT2D eigenvalue weighted by Gasteiger charge is 2.33. The maximum atomic E-state index is 13.5. The zero-order valence-corrected chi connectivity index (χ0v) is 18.6. The Bertz CT molecular complexity index is 1370. The second-order valence-corrected chi connectivity index (χ2v) is 10.7. The number of carbonyl (C=O) groups excluding carboxylic acids is 1. The monoisotopic (exact) mass is 451 g/mol. The first-order valence-electron chi connectivity index (χ1n) is 10.2. The average molecular weight is 452 g/mol. The molecule has 31 heavy (non-hydrogen) atoms. The van der Waals surface area contributed by atoms with Gasteiger partial charge in [-0.1, -0.05) is 23.8 Å². The standard InChI is InChI=1S/C24H21NO4S2/c1-16-8-10-17(11-9-16)24(26)25(31(27,28)23-7-4-14-30-23)18-12-13-22-20(15-18)19-5-2-3-6-21(19)29-22/h4,7-15H,2-3,5-6H2,1H3. The maximum Gasteiger partial charge on any atom is 0.280 e. The highest BCUT2D eigenvalue weighted by Crippen LogP contribution is 2.36. The van der Waals surface area contributed by atoms with Gasteiger partial charge in [0.05, 0.1) is 5.69 Å². The number of anilines is 1. The Morgan fingerprint density at radius 2 is 1.81 bits per heavy atom.